The van der Waals surface area contributed by atoms with E-state index >= 15 is 0 Å². The smallest absolute Gasteiger partial charge is 0.348 e. The number of hydrogen-bond donors (Lipinski definition) is 0. The van der Waals surface area contributed by atoms with Crippen molar-refractivity contribution in [2.45, 2.75) is 19.3 Å². The SMILES string of the molecule is N#C/C(=C\c1ccc(N2CCOCC2)cc1)C(=O)OCCCCCOC(=O)/C(C#N)=C/c1ccc(N2CCOCC2)cc1. The fourth-order valence-corrected chi connectivity index (χ4v) is 4.68. The van der Waals surface area contributed by atoms with E-state index in [1.807, 2.05) is 60.7 Å². The average Bonchev–Trinajstić information content (AvgIpc) is 3.06. The molecule has 0 aliphatic carbocycles. The van der Waals surface area contributed by atoms with E-state index < -0.39 is 11.9 Å². The van der Waals surface area contributed by atoms with Crippen LogP contribution in [0.2, 0.25) is 0 Å². The summed E-state index contributed by atoms with van der Waals surface area (Å²) in [7, 11) is 0. The van der Waals surface area contributed by atoms with Crippen molar-refractivity contribution in [3.05, 3.63) is 70.8 Å². The molecular weight excluding hydrogens is 548 g/mol. The zero-order valence-electron chi connectivity index (χ0n) is 24.2. The van der Waals surface area contributed by atoms with Crippen LogP contribution in [0.3, 0.4) is 0 Å². The Kier molecular flexibility index (Phi) is 12.2. The highest BCUT2D eigenvalue weighted by atomic mass is 16.5. The first-order valence-electron chi connectivity index (χ1n) is 14.5. The van der Waals surface area contributed by atoms with Crippen molar-refractivity contribution >= 4 is 35.5 Å². The second kappa shape index (κ2) is 16.7. The maximum Gasteiger partial charge on any atom is 0.348 e. The van der Waals surface area contributed by atoms with Crippen LogP contribution in [0.4, 0.5) is 11.4 Å². The number of rotatable bonds is 12. The van der Waals surface area contributed by atoms with Crippen LogP contribution >= 0.6 is 0 Å². The molecule has 2 saturated heterocycles. The lowest BCUT2D eigenvalue weighted by molar-refractivity contribution is -0.138. The number of ether oxygens (including phenoxy) is 4. The molecule has 2 aromatic carbocycles. The predicted octanol–water partition coefficient (Wildman–Crippen LogP) is 4.13. The number of carbonyl (C=O) groups excluding carboxylic acids is 2. The van der Waals surface area contributed by atoms with Gasteiger partial charge in [-0.05, 0) is 66.8 Å². The van der Waals surface area contributed by atoms with Crippen molar-refractivity contribution in [3.63, 3.8) is 0 Å². The summed E-state index contributed by atoms with van der Waals surface area (Å²) in [5.41, 5.74) is 3.48. The summed E-state index contributed by atoms with van der Waals surface area (Å²) < 4.78 is 21.3. The Hall–Kier alpha value is -4.64. The zero-order valence-corrected chi connectivity index (χ0v) is 24.2. The molecule has 4 rings (SSSR count). The molecule has 0 radical (unpaired) electrons. The molecule has 0 saturated carbocycles. The molecule has 2 aromatic rings. The van der Waals surface area contributed by atoms with E-state index in [0.29, 0.717) is 45.7 Å². The summed E-state index contributed by atoms with van der Waals surface area (Å²) in [6.07, 6.45) is 4.77. The highest BCUT2D eigenvalue weighted by Gasteiger charge is 2.14. The molecule has 2 aliphatic rings. The van der Waals surface area contributed by atoms with Crippen molar-refractivity contribution in [2.75, 3.05) is 75.6 Å². The fourth-order valence-electron chi connectivity index (χ4n) is 4.68. The van der Waals surface area contributed by atoms with Gasteiger partial charge >= 0.3 is 11.9 Å². The molecule has 2 fully saturated rings. The van der Waals surface area contributed by atoms with Crippen molar-refractivity contribution < 1.29 is 28.5 Å². The third kappa shape index (κ3) is 9.71. The molecule has 0 atom stereocenters. The second-order valence-electron chi connectivity index (χ2n) is 10.1. The number of nitriles is 2. The van der Waals surface area contributed by atoms with E-state index in [1.165, 1.54) is 12.2 Å². The number of benzene rings is 2. The van der Waals surface area contributed by atoms with E-state index in [9.17, 15) is 20.1 Å². The van der Waals surface area contributed by atoms with Crippen molar-refractivity contribution in [3.8, 4) is 12.1 Å². The largest absolute Gasteiger partial charge is 0.462 e. The Morgan fingerprint density at radius 2 is 1.02 bits per heavy atom. The molecule has 43 heavy (non-hydrogen) atoms. The van der Waals surface area contributed by atoms with Crippen LogP contribution in [0.5, 0.6) is 0 Å². The normalized spacial score (nSPS) is 15.8. The maximum atomic E-state index is 12.4. The van der Waals surface area contributed by atoms with Gasteiger partial charge in [-0.25, -0.2) is 9.59 Å². The summed E-state index contributed by atoms with van der Waals surface area (Å²) in [5, 5.41) is 18.9. The summed E-state index contributed by atoms with van der Waals surface area (Å²) >= 11 is 0. The molecular formula is C33H36N4O6. The Balaban J connectivity index is 1.14. The number of unbranched alkanes of at least 4 members (excludes halogenated alkanes) is 2. The molecule has 10 heteroatoms. The van der Waals surface area contributed by atoms with E-state index in [-0.39, 0.29) is 24.4 Å². The van der Waals surface area contributed by atoms with Crippen LogP contribution in [-0.2, 0) is 28.5 Å². The molecule has 224 valence electrons. The first kappa shape index (κ1) is 31.3. The van der Waals surface area contributed by atoms with Gasteiger partial charge in [0.2, 0.25) is 0 Å². The van der Waals surface area contributed by atoms with Crippen LogP contribution < -0.4 is 9.80 Å². The van der Waals surface area contributed by atoms with Crippen LogP contribution in [0, 0.1) is 22.7 Å². The molecule has 0 unspecified atom stereocenters. The topological polar surface area (TPSA) is 125 Å². The molecule has 2 heterocycles. The van der Waals surface area contributed by atoms with Crippen LogP contribution in [-0.4, -0.2) is 77.8 Å². The lowest BCUT2D eigenvalue weighted by atomic mass is 10.1. The van der Waals surface area contributed by atoms with Crippen molar-refractivity contribution in [1.82, 2.24) is 0 Å². The average molecular weight is 585 g/mol. The lowest BCUT2D eigenvalue weighted by Crippen LogP contribution is -2.36. The van der Waals surface area contributed by atoms with Gasteiger partial charge in [-0.2, -0.15) is 10.5 Å². The standard InChI is InChI=1S/C33H36N4O6/c34-24-28(22-26-4-8-30(9-5-26)36-12-18-40-19-13-36)32(38)42-16-2-1-3-17-43-33(39)29(25-35)23-27-6-10-31(11-7-27)37-14-20-41-21-15-37/h4-11,22-23H,1-3,12-21H2/b28-22+,29-23+. The number of hydrogen-bond acceptors (Lipinski definition) is 10. The Bertz CT molecular complexity index is 1250. The van der Waals surface area contributed by atoms with Crippen LogP contribution in [0.1, 0.15) is 30.4 Å². The molecule has 0 amide bonds. The third-order valence-electron chi connectivity index (χ3n) is 7.10. The Morgan fingerprint density at radius 1 is 0.651 bits per heavy atom. The minimum absolute atomic E-state index is 0.0698. The van der Waals surface area contributed by atoms with E-state index in [4.69, 9.17) is 18.9 Å². The summed E-state index contributed by atoms with van der Waals surface area (Å²) in [5.74, 6) is -1.35. The number of esters is 2. The van der Waals surface area contributed by atoms with Gasteiger partial charge in [0.05, 0.1) is 39.6 Å². The van der Waals surface area contributed by atoms with Crippen LogP contribution in [0.15, 0.2) is 59.7 Å². The minimum atomic E-state index is -0.673. The highest BCUT2D eigenvalue weighted by molar-refractivity contribution is 5.98. The molecule has 0 aromatic heterocycles. The summed E-state index contributed by atoms with van der Waals surface area (Å²) in [6, 6.07) is 19.1. The first-order chi connectivity index (χ1) is 21.1. The van der Waals surface area contributed by atoms with Gasteiger partial charge in [0.25, 0.3) is 0 Å². The lowest BCUT2D eigenvalue weighted by Gasteiger charge is -2.28. The molecule has 10 nitrogen and oxygen atoms in total. The quantitative estimate of drug-likeness (QED) is 0.156. The Morgan fingerprint density at radius 3 is 1.37 bits per heavy atom. The van der Waals surface area contributed by atoms with Gasteiger partial charge in [0, 0.05) is 37.6 Å². The van der Waals surface area contributed by atoms with Gasteiger partial charge < -0.3 is 28.7 Å². The zero-order chi connectivity index (χ0) is 30.3. The molecule has 0 spiro atoms. The third-order valence-corrected chi connectivity index (χ3v) is 7.10. The first-order valence-corrected chi connectivity index (χ1v) is 14.5. The van der Waals surface area contributed by atoms with E-state index in [2.05, 4.69) is 9.80 Å². The van der Waals surface area contributed by atoms with Gasteiger partial charge in [-0.15, -0.1) is 0 Å². The predicted molar refractivity (Wildman–Crippen MR) is 162 cm³/mol. The van der Waals surface area contributed by atoms with E-state index in [0.717, 1.165) is 48.7 Å². The molecule has 0 N–H and O–H groups in total. The van der Waals surface area contributed by atoms with Gasteiger partial charge in [-0.1, -0.05) is 24.3 Å². The van der Waals surface area contributed by atoms with Gasteiger partial charge in [-0.3, -0.25) is 0 Å². The summed E-state index contributed by atoms with van der Waals surface area (Å²) in [6.45, 7) is 6.40. The second-order valence-corrected chi connectivity index (χ2v) is 10.1. The highest BCUT2D eigenvalue weighted by Crippen LogP contribution is 2.20. The van der Waals surface area contributed by atoms with E-state index in [1.54, 1.807) is 0 Å². The van der Waals surface area contributed by atoms with Gasteiger partial charge in [0.1, 0.15) is 23.3 Å². The molecule has 2 aliphatic heterocycles. The number of morpholine rings is 2. The van der Waals surface area contributed by atoms with Crippen LogP contribution in [0.25, 0.3) is 12.2 Å². The fraction of sp³-hybridized carbons (Fsp3) is 0.394. The molecule has 0 bridgehead atoms. The van der Waals surface area contributed by atoms with Crippen molar-refractivity contribution in [2.24, 2.45) is 0 Å². The maximum absolute atomic E-state index is 12.4. The monoisotopic (exact) mass is 584 g/mol. The number of nitrogens with zero attached hydrogens (tertiary/aromatic N) is 4. The summed E-state index contributed by atoms with van der Waals surface area (Å²) in [4.78, 5) is 29.2. The number of anilines is 2. The van der Waals surface area contributed by atoms with Gasteiger partial charge in [0.15, 0.2) is 0 Å². The Labute approximate surface area is 252 Å². The van der Waals surface area contributed by atoms with Crippen molar-refractivity contribution in [1.29, 1.82) is 10.5 Å². The number of carbonyl (C=O) groups is 2. The minimum Gasteiger partial charge on any atom is -0.462 e.